The van der Waals surface area contributed by atoms with Crippen LogP contribution in [-0.2, 0) is 9.53 Å². The first-order valence-corrected chi connectivity index (χ1v) is 6.94. The Bertz CT molecular complexity index is 197. The van der Waals surface area contributed by atoms with Crippen LogP contribution in [0.2, 0.25) is 0 Å². The lowest BCUT2D eigenvalue weighted by molar-refractivity contribution is -0.124. The largest absolute Gasteiger partial charge is 0.365 e. The molecule has 0 aromatic carbocycles. The second-order valence-corrected chi connectivity index (χ2v) is 4.91. The van der Waals surface area contributed by atoms with Crippen LogP contribution < -0.4 is 0 Å². The van der Waals surface area contributed by atoms with E-state index in [9.17, 15) is 4.79 Å². The van der Waals surface area contributed by atoms with Gasteiger partial charge in [0, 0.05) is 5.92 Å². The molecule has 2 nitrogen and oxygen atoms in total. The number of rotatable bonds is 10. The minimum Gasteiger partial charge on any atom is -0.365 e. The number of ketones is 1. The predicted octanol–water partition coefficient (Wildman–Crippen LogP) is 3.73. The zero-order valence-corrected chi connectivity index (χ0v) is 10.8. The van der Waals surface area contributed by atoms with Gasteiger partial charge in [0.15, 0.2) is 5.78 Å². The smallest absolute Gasteiger partial charge is 0.166 e. The number of carbonyl (C=O) groups is 1. The fourth-order valence-corrected chi connectivity index (χ4v) is 2.17. The second kappa shape index (κ2) is 7.83. The van der Waals surface area contributed by atoms with Gasteiger partial charge >= 0.3 is 0 Å². The van der Waals surface area contributed by atoms with Crippen molar-refractivity contribution in [2.45, 2.75) is 71.3 Å². The Morgan fingerprint density at radius 3 is 2.31 bits per heavy atom. The Hall–Kier alpha value is -0.370. The van der Waals surface area contributed by atoms with Crippen LogP contribution in [0.4, 0.5) is 0 Å². The van der Waals surface area contributed by atoms with Gasteiger partial charge in [0.05, 0.1) is 6.61 Å². The molecular formula is C14H26O2. The first-order valence-electron chi connectivity index (χ1n) is 6.94. The molecular weight excluding hydrogens is 200 g/mol. The molecule has 0 N–H and O–H groups in total. The Kier molecular flexibility index (Phi) is 6.70. The molecule has 2 heteroatoms. The van der Waals surface area contributed by atoms with Crippen LogP contribution in [0.25, 0.3) is 0 Å². The second-order valence-electron chi connectivity index (χ2n) is 4.91. The summed E-state index contributed by atoms with van der Waals surface area (Å²) in [6.07, 6.45) is 9.53. The molecule has 1 heterocycles. The molecule has 94 valence electrons. The fourth-order valence-electron chi connectivity index (χ4n) is 2.17. The lowest BCUT2D eigenvalue weighted by Gasteiger charge is -2.14. The molecule has 1 saturated heterocycles. The number of hydrogen-bond acceptors (Lipinski definition) is 2. The highest BCUT2D eigenvalue weighted by Gasteiger charge is 2.35. The molecule has 0 aromatic rings. The van der Waals surface area contributed by atoms with Crippen LogP contribution in [0, 0.1) is 5.92 Å². The minimum absolute atomic E-state index is 0.0342. The van der Waals surface area contributed by atoms with Crippen molar-refractivity contribution < 1.29 is 9.53 Å². The van der Waals surface area contributed by atoms with Crippen LogP contribution in [0.3, 0.4) is 0 Å². The van der Waals surface area contributed by atoms with Gasteiger partial charge in [-0.2, -0.15) is 0 Å². The van der Waals surface area contributed by atoms with Crippen molar-refractivity contribution in [3.05, 3.63) is 0 Å². The summed E-state index contributed by atoms with van der Waals surface area (Å²) in [5.41, 5.74) is 0. The van der Waals surface area contributed by atoms with Crippen LogP contribution in [-0.4, -0.2) is 18.5 Å². The molecule has 16 heavy (non-hydrogen) atoms. The number of ether oxygens (including phenoxy) is 1. The first kappa shape index (κ1) is 13.7. The first-order chi connectivity index (χ1) is 7.79. The Morgan fingerprint density at radius 2 is 1.75 bits per heavy atom. The molecule has 0 radical (unpaired) electrons. The Balaban J connectivity index is 2.22. The van der Waals surface area contributed by atoms with E-state index in [1.54, 1.807) is 0 Å². The average molecular weight is 226 g/mol. The van der Waals surface area contributed by atoms with Crippen LogP contribution >= 0.6 is 0 Å². The van der Waals surface area contributed by atoms with Gasteiger partial charge in [0.2, 0.25) is 0 Å². The monoisotopic (exact) mass is 226 g/mol. The van der Waals surface area contributed by atoms with E-state index in [4.69, 9.17) is 4.74 Å². The molecule has 0 aliphatic carbocycles. The van der Waals surface area contributed by atoms with Crippen molar-refractivity contribution in [3.8, 4) is 0 Å². The quantitative estimate of drug-likeness (QED) is 0.419. The molecule has 2 atom stereocenters. The molecule has 0 bridgehead atoms. The normalized spacial score (nSPS) is 20.8. The lowest BCUT2D eigenvalue weighted by Crippen LogP contribution is -2.20. The van der Waals surface area contributed by atoms with Gasteiger partial charge in [-0.1, -0.05) is 52.4 Å². The predicted molar refractivity (Wildman–Crippen MR) is 66.5 cm³/mol. The molecule has 0 amide bonds. The van der Waals surface area contributed by atoms with Crippen molar-refractivity contribution in [1.82, 2.24) is 0 Å². The summed E-state index contributed by atoms with van der Waals surface area (Å²) in [6.45, 7) is 5.08. The molecule has 1 aliphatic heterocycles. The number of carbonyl (C=O) groups excluding carboxylic acids is 1. The van der Waals surface area contributed by atoms with E-state index in [-0.39, 0.29) is 12.0 Å². The fraction of sp³-hybridized carbons (Fsp3) is 0.929. The van der Waals surface area contributed by atoms with Crippen molar-refractivity contribution >= 4 is 5.78 Å². The summed E-state index contributed by atoms with van der Waals surface area (Å²) in [6, 6.07) is 0. The highest BCUT2D eigenvalue weighted by Crippen LogP contribution is 2.24. The van der Waals surface area contributed by atoms with Crippen molar-refractivity contribution in [3.63, 3.8) is 0 Å². The summed E-state index contributed by atoms with van der Waals surface area (Å²) in [4.78, 5) is 12.0. The number of Topliss-reactive ketones (excluding diaryl/α,β-unsaturated/α-hetero) is 1. The summed E-state index contributed by atoms with van der Waals surface area (Å²) < 4.78 is 5.11. The SMILES string of the molecule is CCCCCCC(CCCC)C(=O)C1CO1. The summed E-state index contributed by atoms with van der Waals surface area (Å²) in [7, 11) is 0. The zero-order valence-electron chi connectivity index (χ0n) is 10.8. The maximum absolute atomic E-state index is 12.0. The van der Waals surface area contributed by atoms with Crippen molar-refractivity contribution in [2.24, 2.45) is 5.92 Å². The molecule has 2 unspecified atom stereocenters. The van der Waals surface area contributed by atoms with Crippen LogP contribution in [0.15, 0.2) is 0 Å². The van der Waals surface area contributed by atoms with Gasteiger partial charge in [0.1, 0.15) is 6.10 Å². The summed E-state index contributed by atoms with van der Waals surface area (Å²) in [5, 5.41) is 0. The molecule has 0 spiro atoms. The highest BCUT2D eigenvalue weighted by atomic mass is 16.6. The Labute approximate surface area is 99.8 Å². The van der Waals surface area contributed by atoms with Gasteiger partial charge in [0.25, 0.3) is 0 Å². The zero-order chi connectivity index (χ0) is 11.8. The van der Waals surface area contributed by atoms with Gasteiger partial charge < -0.3 is 4.74 Å². The van der Waals surface area contributed by atoms with Gasteiger partial charge in [-0.15, -0.1) is 0 Å². The third-order valence-corrected chi connectivity index (χ3v) is 3.37. The highest BCUT2D eigenvalue weighted by molar-refractivity contribution is 5.87. The molecule has 0 saturated carbocycles. The maximum Gasteiger partial charge on any atom is 0.166 e. The van der Waals surface area contributed by atoms with E-state index in [0.29, 0.717) is 12.4 Å². The van der Waals surface area contributed by atoms with Gasteiger partial charge in [-0.25, -0.2) is 0 Å². The summed E-state index contributed by atoms with van der Waals surface area (Å²) >= 11 is 0. The van der Waals surface area contributed by atoms with E-state index >= 15 is 0 Å². The van der Waals surface area contributed by atoms with E-state index in [1.165, 1.54) is 38.5 Å². The average Bonchev–Trinajstić information content (AvgIpc) is 3.11. The van der Waals surface area contributed by atoms with Crippen LogP contribution in [0.1, 0.15) is 65.2 Å². The molecule has 1 fully saturated rings. The van der Waals surface area contributed by atoms with E-state index in [2.05, 4.69) is 13.8 Å². The van der Waals surface area contributed by atoms with E-state index in [0.717, 1.165) is 12.8 Å². The van der Waals surface area contributed by atoms with E-state index < -0.39 is 0 Å². The van der Waals surface area contributed by atoms with Gasteiger partial charge in [-0.3, -0.25) is 4.79 Å². The van der Waals surface area contributed by atoms with E-state index in [1.807, 2.05) is 0 Å². The maximum atomic E-state index is 12.0. The van der Waals surface area contributed by atoms with Gasteiger partial charge in [-0.05, 0) is 12.8 Å². The number of unbranched alkanes of at least 4 members (excludes halogenated alkanes) is 4. The molecule has 1 aliphatic rings. The minimum atomic E-state index is -0.0342. The molecule has 0 aromatic heterocycles. The third kappa shape index (κ3) is 5.11. The lowest BCUT2D eigenvalue weighted by atomic mass is 9.90. The Morgan fingerprint density at radius 1 is 1.12 bits per heavy atom. The number of epoxide rings is 1. The van der Waals surface area contributed by atoms with Crippen molar-refractivity contribution in [2.75, 3.05) is 6.61 Å². The standard InChI is InChI=1S/C14H26O2/c1-3-5-7-8-10-12(9-6-4-2)14(15)13-11-16-13/h12-13H,3-11H2,1-2H3. The summed E-state index contributed by atoms with van der Waals surface area (Å²) in [5.74, 6) is 0.661. The number of hydrogen-bond donors (Lipinski definition) is 0. The van der Waals surface area contributed by atoms with Crippen LogP contribution in [0.5, 0.6) is 0 Å². The van der Waals surface area contributed by atoms with Crippen molar-refractivity contribution in [1.29, 1.82) is 0 Å². The molecule has 1 rings (SSSR count). The topological polar surface area (TPSA) is 29.6 Å². The third-order valence-electron chi connectivity index (χ3n) is 3.37.